The molecular formula is C22H16N2O3. The Morgan fingerprint density at radius 1 is 0.852 bits per heavy atom. The Morgan fingerprint density at radius 2 is 1.52 bits per heavy atom. The highest BCUT2D eigenvalue weighted by Gasteiger charge is 2.39. The van der Waals surface area contributed by atoms with Gasteiger partial charge in [-0.25, -0.2) is 9.69 Å². The molecule has 2 amide bonds. The topological polar surface area (TPSA) is 59.5 Å². The first-order valence-corrected chi connectivity index (χ1v) is 8.52. The molecular weight excluding hydrogens is 340 g/mol. The number of carbonyl (C=O) groups excluding carboxylic acids is 2. The fourth-order valence-corrected chi connectivity index (χ4v) is 3.00. The lowest BCUT2D eigenvalue weighted by molar-refractivity contribution is -0.123. The minimum atomic E-state index is -0.670. The van der Waals surface area contributed by atoms with Gasteiger partial charge in [-0.3, -0.25) is 9.78 Å². The van der Waals surface area contributed by atoms with E-state index in [1.807, 2.05) is 66.7 Å². The molecule has 2 aromatic carbocycles. The van der Waals surface area contributed by atoms with Gasteiger partial charge in [-0.05, 0) is 17.2 Å². The quantitative estimate of drug-likeness (QED) is 0.663. The Bertz CT molecular complexity index is 958. The Hall–Kier alpha value is -3.73. The summed E-state index contributed by atoms with van der Waals surface area (Å²) < 4.78 is 5.42. The van der Waals surface area contributed by atoms with Crippen LogP contribution >= 0.6 is 0 Å². The number of ether oxygens (including phenoxy) is 1. The van der Waals surface area contributed by atoms with Crippen LogP contribution in [0.2, 0.25) is 0 Å². The molecule has 1 aliphatic rings. The summed E-state index contributed by atoms with van der Waals surface area (Å²) in [5.74, 6) is -0.429. The molecule has 1 saturated heterocycles. The highest BCUT2D eigenvalue weighted by molar-refractivity contribution is 6.13. The van der Waals surface area contributed by atoms with E-state index in [-0.39, 0.29) is 12.3 Å². The minimum absolute atomic E-state index is 0.0233. The molecule has 0 aliphatic carbocycles. The molecule has 27 heavy (non-hydrogen) atoms. The molecule has 5 heteroatoms. The second kappa shape index (κ2) is 7.25. The monoisotopic (exact) mass is 356 g/mol. The van der Waals surface area contributed by atoms with E-state index >= 15 is 0 Å². The third-order valence-corrected chi connectivity index (χ3v) is 4.27. The molecule has 2 heterocycles. The molecule has 0 saturated carbocycles. The number of carbonyl (C=O) groups is 2. The van der Waals surface area contributed by atoms with Gasteiger partial charge in [0.1, 0.15) is 0 Å². The summed E-state index contributed by atoms with van der Waals surface area (Å²) in [6, 6.07) is 22.3. The number of hydrogen-bond acceptors (Lipinski definition) is 4. The third kappa shape index (κ3) is 3.35. The minimum Gasteiger partial charge on any atom is -0.403 e. The third-order valence-electron chi connectivity index (χ3n) is 4.27. The molecule has 5 nitrogen and oxygen atoms in total. The number of benzene rings is 2. The molecule has 0 bridgehead atoms. The van der Waals surface area contributed by atoms with Gasteiger partial charge in [-0.2, -0.15) is 0 Å². The van der Waals surface area contributed by atoms with Crippen molar-refractivity contribution in [2.24, 2.45) is 0 Å². The second-order valence-electron chi connectivity index (χ2n) is 6.06. The number of rotatable bonds is 4. The van der Waals surface area contributed by atoms with Gasteiger partial charge in [0.15, 0.2) is 0 Å². The summed E-state index contributed by atoms with van der Waals surface area (Å²) in [6.07, 6.45) is 2.63. The summed E-state index contributed by atoms with van der Waals surface area (Å²) in [5.41, 5.74) is 2.90. The molecule has 0 radical (unpaired) electrons. The molecule has 0 N–H and O–H groups in total. The van der Waals surface area contributed by atoms with Crippen LogP contribution in [0, 0.1) is 0 Å². The van der Waals surface area contributed by atoms with Gasteiger partial charge in [0.25, 0.3) is 5.91 Å². The summed E-state index contributed by atoms with van der Waals surface area (Å²) in [5, 5.41) is 0. The standard InChI is InChI=1S/C22H16N2O3/c25-21-20(27-22(26)24(21)15-16-8-3-1-4-9-16)19(17-10-5-2-6-11-17)18-12-7-13-23-14-18/h1-14H,15H2. The lowest BCUT2D eigenvalue weighted by Gasteiger charge is -2.11. The Labute approximate surface area is 156 Å². The normalized spacial score (nSPS) is 15.6. The average Bonchev–Trinajstić information content (AvgIpc) is 2.99. The van der Waals surface area contributed by atoms with Crippen molar-refractivity contribution in [1.29, 1.82) is 0 Å². The van der Waals surface area contributed by atoms with Gasteiger partial charge in [0, 0.05) is 23.5 Å². The number of hydrogen-bond donors (Lipinski definition) is 0. The first-order valence-electron chi connectivity index (χ1n) is 8.52. The number of aromatic nitrogens is 1. The van der Waals surface area contributed by atoms with E-state index in [4.69, 9.17) is 4.74 Å². The average molecular weight is 356 g/mol. The van der Waals surface area contributed by atoms with Crippen LogP contribution in [-0.2, 0) is 16.1 Å². The Balaban J connectivity index is 1.78. The first kappa shape index (κ1) is 16.7. The molecule has 4 rings (SSSR count). The Kier molecular flexibility index (Phi) is 4.49. The number of cyclic esters (lactones) is 1. The molecule has 1 aliphatic heterocycles. The van der Waals surface area contributed by atoms with E-state index in [2.05, 4.69) is 4.98 Å². The highest BCUT2D eigenvalue weighted by Crippen LogP contribution is 2.32. The Morgan fingerprint density at radius 3 is 2.19 bits per heavy atom. The summed E-state index contributed by atoms with van der Waals surface area (Å²) in [6.45, 7) is 0.164. The van der Waals surface area contributed by atoms with Crippen LogP contribution in [0.25, 0.3) is 5.57 Å². The number of imide groups is 1. The van der Waals surface area contributed by atoms with Crippen molar-refractivity contribution in [3.63, 3.8) is 0 Å². The van der Waals surface area contributed by atoms with Crippen LogP contribution in [0.3, 0.4) is 0 Å². The lowest BCUT2D eigenvalue weighted by Crippen LogP contribution is -2.28. The van der Waals surface area contributed by atoms with Gasteiger partial charge in [0.2, 0.25) is 5.76 Å². The van der Waals surface area contributed by atoms with Crippen molar-refractivity contribution >= 4 is 17.6 Å². The lowest BCUT2D eigenvalue weighted by atomic mass is 9.97. The van der Waals surface area contributed by atoms with E-state index in [0.717, 1.165) is 16.0 Å². The molecule has 132 valence electrons. The van der Waals surface area contributed by atoms with Gasteiger partial charge >= 0.3 is 6.09 Å². The molecule has 0 unspecified atom stereocenters. The van der Waals surface area contributed by atoms with E-state index in [9.17, 15) is 9.59 Å². The maximum atomic E-state index is 13.0. The van der Waals surface area contributed by atoms with Gasteiger partial charge in [0.05, 0.1) is 6.54 Å². The highest BCUT2D eigenvalue weighted by atomic mass is 16.6. The predicted molar refractivity (Wildman–Crippen MR) is 100 cm³/mol. The van der Waals surface area contributed by atoms with Crippen LogP contribution in [0.4, 0.5) is 4.79 Å². The zero-order valence-electron chi connectivity index (χ0n) is 14.4. The van der Waals surface area contributed by atoms with E-state index in [1.165, 1.54) is 0 Å². The maximum absolute atomic E-state index is 13.0. The van der Waals surface area contributed by atoms with Gasteiger partial charge < -0.3 is 4.74 Å². The smallest absolute Gasteiger partial charge is 0.403 e. The van der Waals surface area contributed by atoms with Crippen molar-refractivity contribution in [3.8, 4) is 0 Å². The number of nitrogens with zero attached hydrogens (tertiary/aromatic N) is 2. The van der Waals surface area contributed by atoms with Crippen LogP contribution in [0.5, 0.6) is 0 Å². The zero-order valence-corrected chi connectivity index (χ0v) is 14.4. The van der Waals surface area contributed by atoms with E-state index in [0.29, 0.717) is 11.1 Å². The number of pyridine rings is 1. The molecule has 1 fully saturated rings. The van der Waals surface area contributed by atoms with Gasteiger partial charge in [-0.15, -0.1) is 0 Å². The number of amides is 2. The zero-order chi connectivity index (χ0) is 18.6. The van der Waals surface area contributed by atoms with Crippen LogP contribution < -0.4 is 0 Å². The summed E-state index contributed by atoms with van der Waals surface area (Å²) >= 11 is 0. The fraction of sp³-hybridized carbons (Fsp3) is 0.0455. The van der Waals surface area contributed by atoms with Gasteiger partial charge in [-0.1, -0.05) is 66.7 Å². The SMILES string of the molecule is O=C1OC(=C(c2ccccc2)c2cccnc2)C(=O)N1Cc1ccccc1. The van der Waals surface area contributed by atoms with E-state index in [1.54, 1.807) is 18.5 Å². The van der Waals surface area contributed by atoms with Crippen molar-refractivity contribution in [3.05, 3.63) is 108 Å². The van der Waals surface area contributed by atoms with Crippen LogP contribution in [0.15, 0.2) is 90.9 Å². The molecule has 1 aromatic heterocycles. The molecule has 0 spiro atoms. The first-order chi connectivity index (χ1) is 13.2. The van der Waals surface area contributed by atoms with Crippen LogP contribution in [0.1, 0.15) is 16.7 Å². The largest absolute Gasteiger partial charge is 0.422 e. The summed E-state index contributed by atoms with van der Waals surface area (Å²) in [4.78, 5) is 30.7. The van der Waals surface area contributed by atoms with Crippen molar-refractivity contribution in [2.75, 3.05) is 0 Å². The van der Waals surface area contributed by atoms with Crippen LogP contribution in [-0.4, -0.2) is 21.9 Å². The maximum Gasteiger partial charge on any atom is 0.422 e. The molecule has 0 atom stereocenters. The van der Waals surface area contributed by atoms with Crippen molar-refractivity contribution < 1.29 is 14.3 Å². The predicted octanol–water partition coefficient (Wildman–Crippen LogP) is 4.02. The summed E-state index contributed by atoms with van der Waals surface area (Å²) in [7, 11) is 0. The van der Waals surface area contributed by atoms with E-state index < -0.39 is 12.0 Å². The molecule has 3 aromatic rings. The fourth-order valence-electron chi connectivity index (χ4n) is 3.00. The second-order valence-corrected chi connectivity index (χ2v) is 6.06. The van der Waals surface area contributed by atoms with Crippen molar-refractivity contribution in [2.45, 2.75) is 6.54 Å². The van der Waals surface area contributed by atoms with Crippen molar-refractivity contribution in [1.82, 2.24) is 9.88 Å².